The number of anilines is 1. The number of pyridine rings is 1. The van der Waals surface area contributed by atoms with E-state index in [-0.39, 0.29) is 5.84 Å². The number of aryl methyl sites for hydroxylation is 2. The van der Waals surface area contributed by atoms with Crippen molar-refractivity contribution in [3.8, 4) is 0 Å². The van der Waals surface area contributed by atoms with Crippen LogP contribution in [-0.4, -0.2) is 23.4 Å². The van der Waals surface area contributed by atoms with E-state index >= 15 is 0 Å². The third-order valence-electron chi connectivity index (χ3n) is 4.06. The van der Waals surface area contributed by atoms with Gasteiger partial charge < -0.3 is 10.6 Å². The zero-order valence-electron chi connectivity index (χ0n) is 12.2. The molecule has 0 bridgehead atoms. The largest absolute Gasteiger partial charge is 0.384 e. The number of nitrogens with two attached hydrogens (primary N) is 1. The number of nitrogens with zero attached hydrogens (tertiary/aromatic N) is 2. The highest BCUT2D eigenvalue weighted by atomic mass is 15.2. The minimum Gasteiger partial charge on any atom is -0.384 e. The first-order valence-corrected chi connectivity index (χ1v) is 7.22. The topological polar surface area (TPSA) is 66.0 Å². The van der Waals surface area contributed by atoms with Crippen LogP contribution < -0.4 is 10.6 Å². The van der Waals surface area contributed by atoms with E-state index in [1.54, 1.807) is 0 Å². The fraction of sp³-hybridized carbons (Fsp3) is 0.600. The summed E-state index contributed by atoms with van der Waals surface area (Å²) in [6.45, 7) is 7.39. The van der Waals surface area contributed by atoms with E-state index in [0.717, 1.165) is 37.2 Å². The van der Waals surface area contributed by atoms with Crippen molar-refractivity contribution in [2.45, 2.75) is 52.5 Å². The highest BCUT2D eigenvalue weighted by Crippen LogP contribution is 2.28. The summed E-state index contributed by atoms with van der Waals surface area (Å²) in [5, 5.41) is 7.82. The van der Waals surface area contributed by atoms with Gasteiger partial charge in [0.15, 0.2) is 0 Å². The lowest BCUT2D eigenvalue weighted by molar-refractivity contribution is 0.621. The second kappa shape index (κ2) is 5.59. The number of nitrogen functional groups attached to an aromatic ring is 1. The normalized spacial score (nSPS) is 15.1. The fourth-order valence-electron chi connectivity index (χ4n) is 2.77. The van der Waals surface area contributed by atoms with Crippen LogP contribution >= 0.6 is 0 Å². The molecule has 0 saturated carbocycles. The van der Waals surface area contributed by atoms with Gasteiger partial charge in [0.25, 0.3) is 0 Å². The maximum absolute atomic E-state index is 7.82. The standard InChI is InChI=1S/C15H24N4/c1-4-10(3)19(5-2)15-12(14(16)17)9-11-7-6-8-13(11)18-15/h9-10H,4-8H2,1-3H3,(H3,16,17). The van der Waals surface area contributed by atoms with Crippen LogP contribution in [0.1, 0.15) is 50.4 Å². The van der Waals surface area contributed by atoms with Crippen molar-refractivity contribution in [2.75, 3.05) is 11.4 Å². The molecule has 1 aliphatic carbocycles. The van der Waals surface area contributed by atoms with E-state index in [1.165, 1.54) is 17.7 Å². The van der Waals surface area contributed by atoms with Gasteiger partial charge in [0.05, 0.1) is 5.56 Å². The van der Waals surface area contributed by atoms with Gasteiger partial charge >= 0.3 is 0 Å². The Morgan fingerprint density at radius 3 is 2.79 bits per heavy atom. The van der Waals surface area contributed by atoms with Gasteiger partial charge in [0.2, 0.25) is 0 Å². The Kier molecular flexibility index (Phi) is 4.08. The van der Waals surface area contributed by atoms with Crippen LogP contribution in [0.15, 0.2) is 6.07 Å². The van der Waals surface area contributed by atoms with Crippen LogP contribution in [0.4, 0.5) is 5.82 Å². The minimum absolute atomic E-state index is 0.124. The first kappa shape index (κ1) is 13.8. The van der Waals surface area contributed by atoms with Crippen molar-refractivity contribution < 1.29 is 0 Å². The molecule has 0 aromatic carbocycles. The molecule has 1 aromatic heterocycles. The molecule has 0 saturated heterocycles. The Morgan fingerprint density at radius 1 is 1.47 bits per heavy atom. The number of hydrogen-bond acceptors (Lipinski definition) is 3. The number of nitrogens with one attached hydrogen (secondary N) is 1. The lowest BCUT2D eigenvalue weighted by Crippen LogP contribution is -2.35. The highest BCUT2D eigenvalue weighted by Gasteiger charge is 2.22. The molecule has 1 aliphatic rings. The van der Waals surface area contributed by atoms with Gasteiger partial charge in [-0.15, -0.1) is 0 Å². The van der Waals surface area contributed by atoms with Gasteiger partial charge in [0, 0.05) is 18.3 Å². The molecule has 104 valence electrons. The van der Waals surface area contributed by atoms with E-state index < -0.39 is 0 Å². The molecular formula is C15H24N4. The Hall–Kier alpha value is -1.58. The Bertz CT molecular complexity index is 481. The van der Waals surface area contributed by atoms with Gasteiger partial charge in [-0.25, -0.2) is 4.98 Å². The van der Waals surface area contributed by atoms with E-state index in [1.807, 2.05) is 0 Å². The molecule has 19 heavy (non-hydrogen) atoms. The summed E-state index contributed by atoms with van der Waals surface area (Å²) in [5.74, 6) is 1.02. The van der Waals surface area contributed by atoms with Gasteiger partial charge in [-0.3, -0.25) is 5.41 Å². The first-order chi connectivity index (χ1) is 9.08. The maximum atomic E-state index is 7.82. The molecule has 1 aromatic rings. The van der Waals surface area contributed by atoms with Crippen molar-refractivity contribution in [2.24, 2.45) is 5.73 Å². The number of rotatable bonds is 5. The average molecular weight is 260 g/mol. The monoisotopic (exact) mass is 260 g/mol. The van der Waals surface area contributed by atoms with Crippen molar-refractivity contribution in [3.63, 3.8) is 0 Å². The van der Waals surface area contributed by atoms with E-state index in [4.69, 9.17) is 16.1 Å². The van der Waals surface area contributed by atoms with Crippen LogP contribution in [0.5, 0.6) is 0 Å². The number of fused-ring (bicyclic) bond motifs is 1. The fourth-order valence-corrected chi connectivity index (χ4v) is 2.77. The number of amidine groups is 1. The van der Waals surface area contributed by atoms with Crippen LogP contribution in [0.2, 0.25) is 0 Å². The minimum atomic E-state index is 0.124. The van der Waals surface area contributed by atoms with E-state index in [2.05, 4.69) is 31.7 Å². The molecule has 2 rings (SSSR count). The SMILES string of the molecule is CCC(C)N(CC)c1nc2c(cc1C(=N)N)CCC2. The first-order valence-electron chi connectivity index (χ1n) is 7.22. The molecule has 1 heterocycles. The summed E-state index contributed by atoms with van der Waals surface area (Å²) in [4.78, 5) is 7.08. The Morgan fingerprint density at radius 2 is 2.21 bits per heavy atom. The second-order valence-corrected chi connectivity index (χ2v) is 5.28. The lowest BCUT2D eigenvalue weighted by atomic mass is 10.1. The molecule has 0 radical (unpaired) electrons. The summed E-state index contributed by atoms with van der Waals surface area (Å²) in [6, 6.07) is 2.49. The molecular weight excluding hydrogens is 236 g/mol. The third-order valence-corrected chi connectivity index (χ3v) is 4.06. The predicted molar refractivity (Wildman–Crippen MR) is 80.1 cm³/mol. The molecule has 4 nitrogen and oxygen atoms in total. The third kappa shape index (κ3) is 2.57. The number of hydrogen-bond donors (Lipinski definition) is 2. The van der Waals surface area contributed by atoms with Crippen LogP contribution in [0.25, 0.3) is 0 Å². The quantitative estimate of drug-likeness (QED) is 0.631. The van der Waals surface area contributed by atoms with Gasteiger partial charge in [-0.1, -0.05) is 6.92 Å². The smallest absolute Gasteiger partial charge is 0.140 e. The highest BCUT2D eigenvalue weighted by molar-refractivity contribution is 6.00. The van der Waals surface area contributed by atoms with Crippen molar-refractivity contribution in [1.29, 1.82) is 5.41 Å². The molecule has 3 N–H and O–H groups in total. The molecule has 1 atom stereocenters. The Balaban J connectivity index is 2.50. The molecule has 0 fully saturated rings. The number of aromatic nitrogens is 1. The van der Waals surface area contributed by atoms with Gasteiger partial charge in [-0.05, 0) is 51.2 Å². The molecule has 1 unspecified atom stereocenters. The van der Waals surface area contributed by atoms with Crippen LogP contribution in [0, 0.1) is 5.41 Å². The van der Waals surface area contributed by atoms with E-state index in [9.17, 15) is 0 Å². The Labute approximate surface area is 115 Å². The van der Waals surface area contributed by atoms with Crippen LogP contribution in [0.3, 0.4) is 0 Å². The second-order valence-electron chi connectivity index (χ2n) is 5.28. The predicted octanol–water partition coefficient (Wildman–Crippen LogP) is 2.48. The summed E-state index contributed by atoms with van der Waals surface area (Å²) < 4.78 is 0. The van der Waals surface area contributed by atoms with Crippen molar-refractivity contribution in [3.05, 3.63) is 22.9 Å². The average Bonchev–Trinajstić information content (AvgIpc) is 2.85. The van der Waals surface area contributed by atoms with Crippen LogP contribution in [-0.2, 0) is 12.8 Å². The zero-order valence-corrected chi connectivity index (χ0v) is 12.2. The summed E-state index contributed by atoms with van der Waals surface area (Å²) >= 11 is 0. The van der Waals surface area contributed by atoms with E-state index in [0.29, 0.717) is 6.04 Å². The van der Waals surface area contributed by atoms with Crippen molar-refractivity contribution in [1.82, 2.24) is 4.98 Å². The van der Waals surface area contributed by atoms with Crippen molar-refractivity contribution >= 4 is 11.7 Å². The summed E-state index contributed by atoms with van der Waals surface area (Å²) in [7, 11) is 0. The molecule has 0 amide bonds. The summed E-state index contributed by atoms with van der Waals surface area (Å²) in [5.41, 5.74) is 9.02. The molecule has 4 heteroatoms. The lowest BCUT2D eigenvalue weighted by Gasteiger charge is -2.30. The van der Waals surface area contributed by atoms with Gasteiger partial charge in [0.1, 0.15) is 11.7 Å². The van der Waals surface area contributed by atoms with Gasteiger partial charge in [-0.2, -0.15) is 0 Å². The molecule has 0 spiro atoms. The maximum Gasteiger partial charge on any atom is 0.140 e. The zero-order chi connectivity index (χ0) is 14.0. The molecule has 0 aliphatic heterocycles. The summed E-state index contributed by atoms with van der Waals surface area (Å²) in [6.07, 6.45) is 4.35.